The van der Waals surface area contributed by atoms with Crippen LogP contribution in [-0.4, -0.2) is 37.1 Å². The zero-order chi connectivity index (χ0) is 12.1. The van der Waals surface area contributed by atoms with Crippen LogP contribution in [0.2, 0.25) is 0 Å². The van der Waals surface area contributed by atoms with Gasteiger partial charge in [0.15, 0.2) is 0 Å². The molecule has 0 amide bonds. The molecule has 1 aliphatic heterocycles. The first-order valence-corrected chi connectivity index (χ1v) is 7.73. The van der Waals surface area contributed by atoms with E-state index in [1.165, 1.54) is 64.5 Å². The quantitative estimate of drug-likeness (QED) is 0.792. The molecule has 1 N–H and O–H groups in total. The third kappa shape index (κ3) is 3.96. The summed E-state index contributed by atoms with van der Waals surface area (Å²) in [5.74, 6) is 1.04. The van der Waals surface area contributed by atoms with Crippen molar-refractivity contribution in [1.29, 1.82) is 0 Å². The maximum Gasteiger partial charge on any atom is 0.0195 e. The van der Waals surface area contributed by atoms with Crippen molar-refractivity contribution in [2.24, 2.45) is 5.92 Å². The van der Waals surface area contributed by atoms with Crippen LogP contribution in [0.4, 0.5) is 0 Å². The van der Waals surface area contributed by atoms with Crippen molar-refractivity contribution in [2.45, 2.75) is 70.4 Å². The Bertz CT molecular complexity index is 203. The molecule has 0 radical (unpaired) electrons. The zero-order valence-corrected chi connectivity index (χ0v) is 11.8. The van der Waals surface area contributed by atoms with Crippen LogP contribution in [0, 0.1) is 5.92 Å². The Morgan fingerprint density at radius 1 is 1.12 bits per heavy atom. The molecule has 100 valence electrons. The Kier molecular flexibility index (Phi) is 5.30. The molecule has 1 heterocycles. The summed E-state index contributed by atoms with van der Waals surface area (Å²) in [7, 11) is 2.34. The third-order valence-corrected chi connectivity index (χ3v) is 4.81. The normalized spacial score (nSPS) is 34.4. The van der Waals surface area contributed by atoms with E-state index in [-0.39, 0.29) is 0 Å². The van der Waals surface area contributed by atoms with Crippen LogP contribution in [0.1, 0.15) is 58.3 Å². The minimum Gasteiger partial charge on any atom is -0.313 e. The van der Waals surface area contributed by atoms with Crippen molar-refractivity contribution < 1.29 is 0 Å². The number of rotatable bonds is 5. The monoisotopic (exact) mass is 238 g/mol. The minimum atomic E-state index is 0.772. The van der Waals surface area contributed by atoms with Crippen LogP contribution in [-0.2, 0) is 0 Å². The van der Waals surface area contributed by atoms with Gasteiger partial charge in [-0.2, -0.15) is 0 Å². The Hall–Kier alpha value is -0.0800. The molecule has 0 spiro atoms. The zero-order valence-electron chi connectivity index (χ0n) is 11.8. The summed E-state index contributed by atoms with van der Waals surface area (Å²) in [6, 6.07) is 1.64. The third-order valence-electron chi connectivity index (χ3n) is 4.81. The molecule has 2 rings (SSSR count). The van der Waals surface area contributed by atoms with Gasteiger partial charge in [-0.3, -0.25) is 0 Å². The summed E-state index contributed by atoms with van der Waals surface area (Å²) in [5.41, 5.74) is 0. The highest BCUT2D eigenvalue weighted by molar-refractivity contribution is 4.83. The minimum absolute atomic E-state index is 0.772. The predicted octanol–water partition coefficient (Wildman–Crippen LogP) is 3.03. The van der Waals surface area contributed by atoms with Crippen LogP contribution in [0.25, 0.3) is 0 Å². The lowest BCUT2D eigenvalue weighted by molar-refractivity contribution is 0.152. The molecule has 1 aliphatic carbocycles. The first-order chi connectivity index (χ1) is 8.29. The standard InChI is InChI=1S/C15H30N2/c1-3-5-13-7-9-15(10-8-13)17(2)12-14-6-4-11-16-14/h13-16H,3-12H2,1-2H3. The van der Waals surface area contributed by atoms with E-state index in [0.29, 0.717) is 0 Å². The van der Waals surface area contributed by atoms with Crippen molar-refractivity contribution in [3.63, 3.8) is 0 Å². The lowest BCUT2D eigenvalue weighted by Gasteiger charge is -2.35. The van der Waals surface area contributed by atoms with Gasteiger partial charge in [0.25, 0.3) is 0 Å². The Balaban J connectivity index is 1.68. The van der Waals surface area contributed by atoms with E-state index in [0.717, 1.165) is 18.0 Å². The van der Waals surface area contributed by atoms with Gasteiger partial charge in [-0.05, 0) is 58.0 Å². The van der Waals surface area contributed by atoms with E-state index < -0.39 is 0 Å². The van der Waals surface area contributed by atoms with Gasteiger partial charge in [-0.25, -0.2) is 0 Å². The van der Waals surface area contributed by atoms with E-state index in [1.54, 1.807) is 0 Å². The molecule has 1 saturated carbocycles. The van der Waals surface area contributed by atoms with Crippen LogP contribution in [0.15, 0.2) is 0 Å². The van der Waals surface area contributed by atoms with Gasteiger partial charge in [0, 0.05) is 18.6 Å². The molecular formula is C15H30N2. The number of hydrogen-bond donors (Lipinski definition) is 1. The second-order valence-electron chi connectivity index (χ2n) is 6.20. The SMILES string of the molecule is CCCC1CCC(N(C)CC2CCCN2)CC1. The summed E-state index contributed by atoms with van der Waals surface area (Å²) in [4.78, 5) is 2.63. The van der Waals surface area contributed by atoms with E-state index in [1.807, 2.05) is 0 Å². The smallest absolute Gasteiger partial charge is 0.0195 e. The maximum absolute atomic E-state index is 3.61. The molecule has 1 atom stereocenters. The van der Waals surface area contributed by atoms with Crippen LogP contribution in [0.5, 0.6) is 0 Å². The van der Waals surface area contributed by atoms with Gasteiger partial charge in [0.05, 0.1) is 0 Å². The molecular weight excluding hydrogens is 208 g/mol. The highest BCUT2D eigenvalue weighted by Gasteiger charge is 2.25. The summed E-state index contributed by atoms with van der Waals surface area (Å²) in [6.45, 7) is 4.83. The average molecular weight is 238 g/mol. The molecule has 0 bridgehead atoms. The van der Waals surface area contributed by atoms with Gasteiger partial charge in [-0.1, -0.05) is 19.8 Å². The molecule has 2 aliphatic rings. The summed E-state index contributed by atoms with van der Waals surface area (Å²) < 4.78 is 0. The Labute approximate surface area is 107 Å². The van der Waals surface area contributed by atoms with Gasteiger partial charge < -0.3 is 10.2 Å². The van der Waals surface area contributed by atoms with E-state index >= 15 is 0 Å². The second kappa shape index (κ2) is 6.75. The van der Waals surface area contributed by atoms with Crippen LogP contribution >= 0.6 is 0 Å². The fourth-order valence-corrected chi connectivity index (χ4v) is 3.69. The first-order valence-electron chi connectivity index (χ1n) is 7.73. The van der Waals surface area contributed by atoms with E-state index in [2.05, 4.69) is 24.2 Å². The second-order valence-corrected chi connectivity index (χ2v) is 6.20. The molecule has 2 fully saturated rings. The molecule has 0 aromatic rings. The van der Waals surface area contributed by atoms with Crippen molar-refractivity contribution in [2.75, 3.05) is 20.1 Å². The van der Waals surface area contributed by atoms with Crippen molar-refractivity contribution >= 4 is 0 Å². The van der Waals surface area contributed by atoms with Crippen molar-refractivity contribution in [3.8, 4) is 0 Å². The highest BCUT2D eigenvalue weighted by atomic mass is 15.2. The van der Waals surface area contributed by atoms with Gasteiger partial charge in [-0.15, -0.1) is 0 Å². The largest absolute Gasteiger partial charge is 0.313 e. The lowest BCUT2D eigenvalue weighted by Crippen LogP contribution is -2.42. The Morgan fingerprint density at radius 3 is 2.47 bits per heavy atom. The summed E-state index contributed by atoms with van der Waals surface area (Å²) in [5, 5.41) is 3.61. The average Bonchev–Trinajstić information content (AvgIpc) is 2.83. The predicted molar refractivity (Wildman–Crippen MR) is 74.3 cm³/mol. The maximum atomic E-state index is 3.61. The van der Waals surface area contributed by atoms with Crippen LogP contribution in [0.3, 0.4) is 0 Å². The molecule has 2 heteroatoms. The molecule has 2 nitrogen and oxygen atoms in total. The number of nitrogens with zero attached hydrogens (tertiary/aromatic N) is 1. The molecule has 0 aromatic heterocycles. The number of nitrogens with one attached hydrogen (secondary N) is 1. The number of hydrogen-bond acceptors (Lipinski definition) is 2. The molecule has 0 aromatic carbocycles. The van der Waals surface area contributed by atoms with Gasteiger partial charge >= 0.3 is 0 Å². The first kappa shape index (κ1) is 13.4. The highest BCUT2D eigenvalue weighted by Crippen LogP contribution is 2.30. The molecule has 1 saturated heterocycles. The van der Waals surface area contributed by atoms with E-state index in [9.17, 15) is 0 Å². The summed E-state index contributed by atoms with van der Waals surface area (Å²) >= 11 is 0. The van der Waals surface area contributed by atoms with E-state index in [4.69, 9.17) is 0 Å². The van der Waals surface area contributed by atoms with Crippen molar-refractivity contribution in [1.82, 2.24) is 10.2 Å². The lowest BCUT2D eigenvalue weighted by atomic mass is 9.83. The van der Waals surface area contributed by atoms with Crippen molar-refractivity contribution in [3.05, 3.63) is 0 Å². The van der Waals surface area contributed by atoms with Gasteiger partial charge in [0.1, 0.15) is 0 Å². The Morgan fingerprint density at radius 2 is 1.88 bits per heavy atom. The topological polar surface area (TPSA) is 15.3 Å². The molecule has 1 unspecified atom stereocenters. The summed E-state index contributed by atoms with van der Waals surface area (Å²) in [6.07, 6.45) is 11.4. The van der Waals surface area contributed by atoms with Gasteiger partial charge in [0.2, 0.25) is 0 Å². The fraction of sp³-hybridized carbons (Fsp3) is 1.00. The van der Waals surface area contributed by atoms with Crippen LogP contribution < -0.4 is 5.32 Å². The number of likely N-dealkylation sites (N-methyl/N-ethyl adjacent to an activating group) is 1. The fourth-order valence-electron chi connectivity index (χ4n) is 3.69. The molecule has 17 heavy (non-hydrogen) atoms.